The van der Waals surface area contributed by atoms with E-state index in [4.69, 9.17) is 0 Å². The van der Waals surface area contributed by atoms with Crippen LogP contribution in [0, 0.1) is 19.8 Å². The van der Waals surface area contributed by atoms with Crippen LogP contribution in [-0.4, -0.2) is 48.3 Å². The Bertz CT molecular complexity index is 604. The molecule has 1 amide bonds. The number of guanidine groups is 1. The van der Waals surface area contributed by atoms with Crippen LogP contribution in [0.2, 0.25) is 0 Å². The van der Waals surface area contributed by atoms with Crippen LogP contribution < -0.4 is 16.0 Å². The second-order valence-corrected chi connectivity index (χ2v) is 7.49. The molecule has 0 spiro atoms. The van der Waals surface area contributed by atoms with E-state index in [1.807, 2.05) is 11.6 Å². The highest BCUT2D eigenvalue weighted by molar-refractivity contribution is 5.79. The first-order valence-electron chi connectivity index (χ1n) is 10.3. The van der Waals surface area contributed by atoms with Crippen molar-refractivity contribution in [3.63, 3.8) is 0 Å². The number of carbonyl (C=O) groups is 1. The lowest BCUT2D eigenvalue weighted by Crippen LogP contribution is -2.42. The average molecular weight is 377 g/mol. The van der Waals surface area contributed by atoms with Gasteiger partial charge in [-0.25, -0.2) is 0 Å². The van der Waals surface area contributed by atoms with Gasteiger partial charge in [-0.15, -0.1) is 0 Å². The van der Waals surface area contributed by atoms with Gasteiger partial charge in [-0.05, 0) is 45.1 Å². The maximum Gasteiger partial charge on any atom is 0.220 e. The molecule has 27 heavy (non-hydrogen) atoms. The van der Waals surface area contributed by atoms with Gasteiger partial charge in [0.15, 0.2) is 5.96 Å². The Hall–Kier alpha value is -2.05. The molecular weight excluding hydrogens is 340 g/mol. The molecule has 3 N–H and O–H groups in total. The highest BCUT2D eigenvalue weighted by Crippen LogP contribution is 2.25. The molecule has 0 aromatic carbocycles. The molecule has 1 heterocycles. The van der Waals surface area contributed by atoms with E-state index in [-0.39, 0.29) is 5.91 Å². The highest BCUT2D eigenvalue weighted by Gasteiger charge is 2.16. The van der Waals surface area contributed by atoms with Gasteiger partial charge in [0.25, 0.3) is 0 Å². The number of aryl methyl sites for hydroxylation is 3. The molecule has 2 rings (SSSR count). The van der Waals surface area contributed by atoms with E-state index in [0.29, 0.717) is 25.4 Å². The molecule has 1 aliphatic carbocycles. The minimum absolute atomic E-state index is 0.177. The molecule has 1 aromatic rings. The molecule has 1 saturated carbocycles. The van der Waals surface area contributed by atoms with Crippen LogP contribution in [0.15, 0.2) is 11.1 Å². The zero-order valence-corrected chi connectivity index (χ0v) is 17.2. The fourth-order valence-electron chi connectivity index (χ4n) is 3.67. The number of hydrogen-bond donors (Lipinski definition) is 3. The summed E-state index contributed by atoms with van der Waals surface area (Å²) < 4.78 is 2.04. The summed E-state index contributed by atoms with van der Waals surface area (Å²) in [6.07, 6.45) is 7.96. The fraction of sp³-hybridized carbons (Fsp3) is 0.750. The van der Waals surface area contributed by atoms with Crippen molar-refractivity contribution in [2.45, 2.75) is 65.3 Å². The maximum atomic E-state index is 12.0. The number of nitrogens with one attached hydrogen (secondary N) is 3. The number of aliphatic imine (C=N–C) groups is 1. The first-order valence-corrected chi connectivity index (χ1v) is 10.3. The van der Waals surface area contributed by atoms with Crippen molar-refractivity contribution in [1.82, 2.24) is 25.7 Å². The minimum atomic E-state index is 0.177. The molecule has 1 aromatic heterocycles. The van der Waals surface area contributed by atoms with E-state index < -0.39 is 0 Å². The van der Waals surface area contributed by atoms with Crippen molar-refractivity contribution in [3.05, 3.63) is 17.5 Å². The molecule has 1 fully saturated rings. The van der Waals surface area contributed by atoms with E-state index in [0.717, 1.165) is 31.2 Å². The molecule has 0 aliphatic heterocycles. The summed E-state index contributed by atoms with van der Waals surface area (Å²) in [6, 6.07) is 2.09. The van der Waals surface area contributed by atoms with Crippen LogP contribution >= 0.6 is 0 Å². The van der Waals surface area contributed by atoms with Crippen LogP contribution in [0.4, 0.5) is 0 Å². The van der Waals surface area contributed by atoms with Gasteiger partial charge in [-0.2, -0.15) is 5.10 Å². The average Bonchev–Trinajstić information content (AvgIpc) is 2.98. The highest BCUT2D eigenvalue weighted by atomic mass is 16.1. The van der Waals surface area contributed by atoms with Crippen LogP contribution in [0.1, 0.15) is 56.3 Å². The molecule has 0 unspecified atom stereocenters. The lowest BCUT2D eigenvalue weighted by molar-refractivity contribution is -0.122. The predicted octanol–water partition coefficient (Wildman–Crippen LogP) is 2.14. The van der Waals surface area contributed by atoms with Gasteiger partial charge in [0, 0.05) is 45.3 Å². The number of nitrogens with zero attached hydrogens (tertiary/aromatic N) is 3. The molecule has 1 aliphatic rings. The summed E-state index contributed by atoms with van der Waals surface area (Å²) in [4.78, 5) is 16.2. The summed E-state index contributed by atoms with van der Waals surface area (Å²) in [6.45, 7) is 7.11. The number of carbonyl (C=O) groups excluding carboxylic acids is 1. The topological polar surface area (TPSA) is 83.3 Å². The van der Waals surface area contributed by atoms with Gasteiger partial charge in [-0.1, -0.05) is 19.3 Å². The van der Waals surface area contributed by atoms with Crippen LogP contribution in [0.25, 0.3) is 0 Å². The fourth-order valence-corrected chi connectivity index (χ4v) is 3.67. The summed E-state index contributed by atoms with van der Waals surface area (Å²) in [5.74, 6) is 1.53. The molecule has 0 bridgehead atoms. The van der Waals surface area contributed by atoms with Crippen molar-refractivity contribution in [3.8, 4) is 0 Å². The monoisotopic (exact) mass is 376 g/mol. The zero-order chi connectivity index (χ0) is 19.5. The van der Waals surface area contributed by atoms with E-state index >= 15 is 0 Å². The van der Waals surface area contributed by atoms with Gasteiger partial charge < -0.3 is 16.0 Å². The van der Waals surface area contributed by atoms with Crippen molar-refractivity contribution in [1.29, 1.82) is 0 Å². The minimum Gasteiger partial charge on any atom is -0.356 e. The van der Waals surface area contributed by atoms with E-state index in [1.54, 1.807) is 7.05 Å². The lowest BCUT2D eigenvalue weighted by atomic mass is 9.87. The molecule has 152 valence electrons. The smallest absolute Gasteiger partial charge is 0.220 e. The third-order valence-electron chi connectivity index (χ3n) is 5.10. The van der Waals surface area contributed by atoms with E-state index in [1.165, 1.54) is 37.8 Å². The third kappa shape index (κ3) is 8.01. The Morgan fingerprint density at radius 2 is 1.85 bits per heavy atom. The van der Waals surface area contributed by atoms with E-state index in [9.17, 15) is 4.79 Å². The second-order valence-electron chi connectivity index (χ2n) is 7.49. The van der Waals surface area contributed by atoms with Gasteiger partial charge in [0.2, 0.25) is 5.91 Å². The number of amides is 1. The van der Waals surface area contributed by atoms with Gasteiger partial charge >= 0.3 is 0 Å². The largest absolute Gasteiger partial charge is 0.356 e. The quantitative estimate of drug-likeness (QED) is 0.350. The van der Waals surface area contributed by atoms with E-state index in [2.05, 4.69) is 39.0 Å². The first kappa shape index (κ1) is 21.3. The Balaban J connectivity index is 1.53. The Kier molecular flexibility index (Phi) is 9.15. The van der Waals surface area contributed by atoms with Gasteiger partial charge in [0.1, 0.15) is 0 Å². The van der Waals surface area contributed by atoms with Crippen molar-refractivity contribution in [2.24, 2.45) is 10.9 Å². The number of hydrogen-bond acceptors (Lipinski definition) is 3. The summed E-state index contributed by atoms with van der Waals surface area (Å²) in [5.41, 5.74) is 2.25. The Labute approximate surface area is 163 Å². The van der Waals surface area contributed by atoms with Crippen LogP contribution in [0.5, 0.6) is 0 Å². The molecule has 0 radical (unpaired) electrons. The summed E-state index contributed by atoms with van der Waals surface area (Å²) in [7, 11) is 1.76. The zero-order valence-electron chi connectivity index (χ0n) is 17.2. The van der Waals surface area contributed by atoms with Crippen LogP contribution in [0.3, 0.4) is 0 Å². The third-order valence-corrected chi connectivity index (χ3v) is 5.10. The Morgan fingerprint density at radius 3 is 2.52 bits per heavy atom. The van der Waals surface area contributed by atoms with Gasteiger partial charge in [0.05, 0.1) is 5.69 Å². The summed E-state index contributed by atoms with van der Waals surface area (Å²) in [5, 5.41) is 14.0. The predicted molar refractivity (Wildman–Crippen MR) is 110 cm³/mol. The normalized spacial score (nSPS) is 15.6. The molecule has 7 heteroatoms. The second kappa shape index (κ2) is 11.6. The molecule has 7 nitrogen and oxygen atoms in total. The number of rotatable bonds is 9. The van der Waals surface area contributed by atoms with Crippen LogP contribution in [-0.2, 0) is 11.3 Å². The SMILES string of the molecule is CN=C(NCCCn1nc(C)cc1C)NCCNC(=O)CC1CCCCC1. The first-order chi connectivity index (χ1) is 13.1. The van der Waals surface area contributed by atoms with Crippen molar-refractivity contribution >= 4 is 11.9 Å². The van der Waals surface area contributed by atoms with Gasteiger partial charge in [-0.3, -0.25) is 14.5 Å². The van der Waals surface area contributed by atoms with Crippen molar-refractivity contribution in [2.75, 3.05) is 26.7 Å². The molecule has 0 saturated heterocycles. The standard InChI is InChI=1S/C20H36N6O/c1-16-14-17(2)26(25-16)13-7-10-23-20(21-3)24-12-11-22-19(27)15-18-8-5-4-6-9-18/h14,18H,4-13,15H2,1-3H3,(H,22,27)(H2,21,23,24). The van der Waals surface area contributed by atoms with Crippen molar-refractivity contribution < 1.29 is 4.79 Å². The Morgan fingerprint density at radius 1 is 1.15 bits per heavy atom. The molecular formula is C20H36N6O. The lowest BCUT2D eigenvalue weighted by Gasteiger charge is -2.20. The maximum absolute atomic E-state index is 12.0. The molecule has 0 atom stereocenters. The summed E-state index contributed by atoms with van der Waals surface area (Å²) >= 11 is 0. The number of aromatic nitrogens is 2.